The quantitative estimate of drug-likeness (QED) is 0.506. The molecule has 0 saturated carbocycles. The van der Waals surface area contributed by atoms with Crippen LogP contribution in [0.5, 0.6) is 0 Å². The molecule has 2 N–H and O–H groups in total. The van der Waals surface area contributed by atoms with Gasteiger partial charge in [0.1, 0.15) is 5.78 Å². The van der Waals surface area contributed by atoms with Gasteiger partial charge in [-0.3, -0.25) is 9.59 Å². The molecule has 0 spiro atoms. The van der Waals surface area contributed by atoms with Crippen LogP contribution in [0.4, 0.5) is 0 Å². The van der Waals surface area contributed by atoms with Crippen molar-refractivity contribution >= 4 is 11.7 Å². The molecule has 0 aliphatic carbocycles. The van der Waals surface area contributed by atoms with Gasteiger partial charge in [0.2, 0.25) is 5.91 Å². The van der Waals surface area contributed by atoms with E-state index >= 15 is 0 Å². The molecule has 0 fully saturated rings. The lowest BCUT2D eigenvalue weighted by Gasteiger charge is -2.16. The van der Waals surface area contributed by atoms with Crippen molar-refractivity contribution in [3.8, 4) is 0 Å². The van der Waals surface area contributed by atoms with Crippen molar-refractivity contribution in [1.29, 1.82) is 0 Å². The Bertz CT molecular complexity index is 333. The van der Waals surface area contributed by atoms with Gasteiger partial charge >= 0.3 is 0 Å². The normalized spacial score (nSPS) is 11.7. The zero-order valence-electron chi connectivity index (χ0n) is 16.0. The molecule has 0 aliphatic heterocycles. The number of Topliss-reactive ketones (excluding diaryl/α,β-unsaturated/α-hetero) is 1. The largest absolute Gasteiger partial charge is 0.356 e. The molecule has 4 heteroatoms. The van der Waals surface area contributed by atoms with Crippen molar-refractivity contribution in [1.82, 2.24) is 10.6 Å². The first-order chi connectivity index (χ1) is 10.7. The highest BCUT2D eigenvalue weighted by Gasteiger charge is 2.20. The van der Waals surface area contributed by atoms with Crippen LogP contribution in [0.3, 0.4) is 0 Å². The van der Waals surface area contributed by atoms with Crippen molar-refractivity contribution in [2.75, 3.05) is 13.1 Å². The summed E-state index contributed by atoms with van der Waals surface area (Å²) in [7, 11) is 0. The highest BCUT2D eigenvalue weighted by molar-refractivity contribution is 5.83. The summed E-state index contributed by atoms with van der Waals surface area (Å²) in [6, 6.07) is 0.563. The molecule has 136 valence electrons. The molecule has 0 aromatic heterocycles. The van der Waals surface area contributed by atoms with Gasteiger partial charge in [0.05, 0.1) is 0 Å². The Kier molecular flexibility index (Phi) is 12.0. The number of hydrogen-bond donors (Lipinski definition) is 2. The first-order valence-electron chi connectivity index (χ1n) is 9.27. The van der Waals surface area contributed by atoms with Crippen LogP contribution in [0.2, 0.25) is 0 Å². The lowest BCUT2D eigenvalue weighted by Crippen LogP contribution is -2.25. The van der Waals surface area contributed by atoms with Gasteiger partial charge < -0.3 is 10.6 Å². The fourth-order valence-electron chi connectivity index (χ4n) is 2.26. The lowest BCUT2D eigenvalue weighted by molar-refractivity contribution is -0.126. The van der Waals surface area contributed by atoms with Gasteiger partial charge in [-0.15, -0.1) is 0 Å². The highest BCUT2D eigenvalue weighted by atomic mass is 16.1. The molecular formula is C19H38N2O2. The molecule has 0 heterocycles. The number of unbranched alkanes of at least 4 members (excludes halogenated alkanes) is 4. The maximum atomic E-state index is 11.8. The number of rotatable bonds is 13. The van der Waals surface area contributed by atoms with Crippen LogP contribution in [0, 0.1) is 5.41 Å². The van der Waals surface area contributed by atoms with Crippen molar-refractivity contribution in [2.24, 2.45) is 5.41 Å². The molecule has 0 aromatic rings. The summed E-state index contributed by atoms with van der Waals surface area (Å²) in [5.41, 5.74) is -0.257. The first kappa shape index (κ1) is 22.1. The molecular weight excluding hydrogens is 288 g/mol. The van der Waals surface area contributed by atoms with E-state index in [0.29, 0.717) is 18.9 Å². The average Bonchev–Trinajstić information content (AvgIpc) is 2.44. The van der Waals surface area contributed by atoms with E-state index in [1.165, 1.54) is 19.3 Å². The monoisotopic (exact) mass is 326 g/mol. The summed E-state index contributed by atoms with van der Waals surface area (Å²) in [6.45, 7) is 12.0. The molecule has 0 bridgehead atoms. The van der Waals surface area contributed by atoms with E-state index < -0.39 is 0 Å². The topological polar surface area (TPSA) is 58.2 Å². The minimum atomic E-state index is -0.257. The molecule has 0 saturated heterocycles. The molecule has 0 aliphatic rings. The van der Waals surface area contributed by atoms with Gasteiger partial charge in [-0.1, -0.05) is 47.5 Å². The molecule has 0 unspecified atom stereocenters. The van der Waals surface area contributed by atoms with Gasteiger partial charge in [-0.2, -0.15) is 0 Å². The summed E-state index contributed by atoms with van der Waals surface area (Å²) in [4.78, 5) is 23.4. The van der Waals surface area contributed by atoms with Crippen LogP contribution in [-0.2, 0) is 9.59 Å². The maximum Gasteiger partial charge on any atom is 0.219 e. The Hall–Kier alpha value is -0.900. The molecule has 1 amide bonds. The predicted octanol–water partition coefficient (Wildman–Crippen LogP) is 3.84. The Morgan fingerprint density at radius 3 is 1.96 bits per heavy atom. The van der Waals surface area contributed by atoms with Crippen molar-refractivity contribution < 1.29 is 9.59 Å². The number of hydrogen-bond acceptors (Lipinski definition) is 3. The van der Waals surface area contributed by atoms with Gasteiger partial charge in [-0.25, -0.2) is 0 Å². The van der Waals surface area contributed by atoms with Crippen LogP contribution in [0.15, 0.2) is 0 Å². The van der Waals surface area contributed by atoms with Gasteiger partial charge in [0.25, 0.3) is 0 Å². The zero-order chi connectivity index (χ0) is 17.7. The van der Waals surface area contributed by atoms with Crippen LogP contribution in [0.25, 0.3) is 0 Å². The Morgan fingerprint density at radius 1 is 0.826 bits per heavy atom. The highest BCUT2D eigenvalue weighted by Crippen LogP contribution is 2.18. The number of carbonyl (C=O) groups excluding carboxylic acids is 2. The van der Waals surface area contributed by atoms with Crippen molar-refractivity contribution in [2.45, 2.75) is 92.0 Å². The van der Waals surface area contributed by atoms with Gasteiger partial charge in [0, 0.05) is 30.8 Å². The third kappa shape index (κ3) is 14.4. The van der Waals surface area contributed by atoms with Crippen LogP contribution in [-0.4, -0.2) is 30.8 Å². The second kappa shape index (κ2) is 12.5. The molecule has 23 heavy (non-hydrogen) atoms. The van der Waals surface area contributed by atoms with E-state index in [1.807, 2.05) is 20.8 Å². The Morgan fingerprint density at radius 2 is 1.39 bits per heavy atom. The molecule has 4 nitrogen and oxygen atoms in total. The zero-order valence-corrected chi connectivity index (χ0v) is 16.0. The molecule has 0 rings (SSSR count). The lowest BCUT2D eigenvalue weighted by atomic mass is 9.88. The van der Waals surface area contributed by atoms with Crippen LogP contribution in [0.1, 0.15) is 86.0 Å². The van der Waals surface area contributed by atoms with Crippen molar-refractivity contribution in [3.63, 3.8) is 0 Å². The van der Waals surface area contributed by atoms with Crippen molar-refractivity contribution in [3.05, 3.63) is 0 Å². The fourth-order valence-corrected chi connectivity index (χ4v) is 2.26. The van der Waals surface area contributed by atoms with Crippen LogP contribution < -0.4 is 10.6 Å². The summed E-state index contributed by atoms with van der Waals surface area (Å²) >= 11 is 0. The minimum absolute atomic E-state index is 0.120. The minimum Gasteiger partial charge on any atom is -0.356 e. The second-order valence-electron chi connectivity index (χ2n) is 7.75. The molecule has 0 atom stereocenters. The summed E-state index contributed by atoms with van der Waals surface area (Å²) < 4.78 is 0. The average molecular weight is 327 g/mol. The SMILES string of the molecule is CC(C)NCCCCCCNC(=O)CCCCC(=O)C(C)(C)C. The third-order valence-corrected chi connectivity index (χ3v) is 3.87. The number of amides is 1. The van der Waals surface area contributed by atoms with E-state index in [-0.39, 0.29) is 17.1 Å². The number of nitrogens with one attached hydrogen (secondary N) is 2. The first-order valence-corrected chi connectivity index (χ1v) is 9.27. The number of carbonyl (C=O) groups is 2. The van der Waals surface area contributed by atoms with Crippen LogP contribution >= 0.6 is 0 Å². The second-order valence-corrected chi connectivity index (χ2v) is 7.75. The van der Waals surface area contributed by atoms with Gasteiger partial charge in [0.15, 0.2) is 0 Å². The van der Waals surface area contributed by atoms with E-state index in [9.17, 15) is 9.59 Å². The molecule has 0 radical (unpaired) electrons. The Balaban J connectivity index is 3.40. The summed E-state index contributed by atoms with van der Waals surface area (Å²) in [6.07, 6.45) is 7.37. The standard InChI is InChI=1S/C19H38N2O2/c1-16(2)20-14-10-6-7-11-15-21-18(23)13-9-8-12-17(22)19(3,4)5/h16,20H,6-15H2,1-5H3,(H,21,23). The van der Waals surface area contributed by atoms with E-state index in [4.69, 9.17) is 0 Å². The fraction of sp³-hybridized carbons (Fsp3) is 0.895. The molecule has 0 aromatic carbocycles. The van der Waals surface area contributed by atoms with E-state index in [1.54, 1.807) is 0 Å². The third-order valence-electron chi connectivity index (χ3n) is 3.87. The van der Waals surface area contributed by atoms with E-state index in [2.05, 4.69) is 24.5 Å². The Labute approximate surface area is 143 Å². The summed E-state index contributed by atoms with van der Waals surface area (Å²) in [5.74, 6) is 0.402. The predicted molar refractivity (Wildman–Crippen MR) is 97.5 cm³/mol. The number of ketones is 1. The smallest absolute Gasteiger partial charge is 0.219 e. The van der Waals surface area contributed by atoms with Gasteiger partial charge in [-0.05, 0) is 32.2 Å². The van der Waals surface area contributed by atoms with E-state index in [0.717, 1.165) is 32.4 Å². The summed E-state index contributed by atoms with van der Waals surface area (Å²) in [5, 5.41) is 6.38. The maximum absolute atomic E-state index is 11.8.